The standard InChI is InChI=1S/C16H18O4/c1-20-16(19)10-9-14(15(17)18)13(11-16)8-7-12-5-3-2-4-6-12/h2-6,9-10,19H,7-8,11H2,1H3,(H,17,18). The van der Waals surface area contributed by atoms with Gasteiger partial charge in [-0.2, -0.15) is 0 Å². The van der Waals surface area contributed by atoms with Crippen LogP contribution in [0.5, 0.6) is 0 Å². The number of benzene rings is 1. The number of hydrogen-bond donors (Lipinski definition) is 2. The topological polar surface area (TPSA) is 66.8 Å². The molecule has 0 bridgehead atoms. The van der Waals surface area contributed by atoms with E-state index in [-0.39, 0.29) is 12.0 Å². The molecule has 1 aliphatic carbocycles. The molecule has 0 heterocycles. The lowest BCUT2D eigenvalue weighted by molar-refractivity contribution is -0.146. The molecule has 106 valence electrons. The zero-order valence-corrected chi connectivity index (χ0v) is 11.4. The lowest BCUT2D eigenvalue weighted by Crippen LogP contribution is -2.32. The van der Waals surface area contributed by atoms with E-state index in [0.717, 1.165) is 12.0 Å². The minimum Gasteiger partial charge on any atom is -0.478 e. The predicted octanol–water partition coefficient (Wildman–Crippen LogP) is 2.30. The fraction of sp³-hybridized carbons (Fsp3) is 0.312. The van der Waals surface area contributed by atoms with Crippen molar-refractivity contribution >= 4 is 5.97 Å². The molecule has 0 saturated carbocycles. The number of hydrogen-bond acceptors (Lipinski definition) is 3. The molecule has 0 saturated heterocycles. The monoisotopic (exact) mass is 274 g/mol. The highest BCUT2D eigenvalue weighted by Gasteiger charge is 2.30. The third kappa shape index (κ3) is 3.35. The Bertz CT molecular complexity index is 545. The summed E-state index contributed by atoms with van der Waals surface area (Å²) in [5.74, 6) is -2.37. The molecule has 1 aliphatic rings. The van der Waals surface area contributed by atoms with Crippen LogP contribution in [-0.4, -0.2) is 29.1 Å². The molecule has 20 heavy (non-hydrogen) atoms. The van der Waals surface area contributed by atoms with E-state index in [1.54, 1.807) is 0 Å². The third-order valence-electron chi connectivity index (χ3n) is 3.50. The molecule has 0 amide bonds. The van der Waals surface area contributed by atoms with E-state index >= 15 is 0 Å². The predicted molar refractivity (Wildman–Crippen MR) is 75.1 cm³/mol. The second-order valence-corrected chi connectivity index (χ2v) is 4.87. The van der Waals surface area contributed by atoms with Crippen molar-refractivity contribution in [3.05, 3.63) is 59.2 Å². The number of aliphatic carboxylic acids is 1. The van der Waals surface area contributed by atoms with Crippen LogP contribution in [0, 0.1) is 0 Å². The van der Waals surface area contributed by atoms with E-state index in [0.29, 0.717) is 12.0 Å². The Morgan fingerprint density at radius 3 is 2.60 bits per heavy atom. The summed E-state index contributed by atoms with van der Waals surface area (Å²) in [5, 5.41) is 19.3. The molecule has 0 spiro atoms. The van der Waals surface area contributed by atoms with Gasteiger partial charge in [0, 0.05) is 13.5 Å². The third-order valence-corrected chi connectivity index (χ3v) is 3.50. The maximum absolute atomic E-state index is 11.2. The van der Waals surface area contributed by atoms with Gasteiger partial charge in [-0.1, -0.05) is 30.3 Å². The van der Waals surface area contributed by atoms with Crippen molar-refractivity contribution in [3.8, 4) is 0 Å². The Hall–Kier alpha value is -1.91. The molecule has 0 aliphatic heterocycles. The average Bonchev–Trinajstić information content (AvgIpc) is 2.46. The molecule has 0 aromatic heterocycles. The minimum absolute atomic E-state index is 0.189. The summed E-state index contributed by atoms with van der Waals surface area (Å²) in [6.45, 7) is 0. The van der Waals surface area contributed by atoms with Gasteiger partial charge in [0.1, 0.15) is 0 Å². The number of carboxylic acids is 1. The number of carboxylic acid groups (broad SMARTS) is 1. The molecule has 4 heteroatoms. The quantitative estimate of drug-likeness (QED) is 0.808. The molecule has 0 radical (unpaired) electrons. The van der Waals surface area contributed by atoms with Crippen LogP contribution in [-0.2, 0) is 16.0 Å². The lowest BCUT2D eigenvalue weighted by atomic mass is 9.89. The molecular formula is C16H18O4. The van der Waals surface area contributed by atoms with Crippen LogP contribution in [0.1, 0.15) is 18.4 Å². The second kappa shape index (κ2) is 6.03. The molecule has 1 atom stereocenters. The van der Waals surface area contributed by atoms with Crippen LogP contribution in [0.15, 0.2) is 53.6 Å². The fourth-order valence-electron chi connectivity index (χ4n) is 2.32. The molecule has 4 nitrogen and oxygen atoms in total. The summed E-state index contributed by atoms with van der Waals surface area (Å²) in [7, 11) is 1.41. The van der Waals surface area contributed by atoms with Gasteiger partial charge in [-0.15, -0.1) is 0 Å². The first kappa shape index (κ1) is 14.5. The normalized spacial score (nSPS) is 22.1. The summed E-state index contributed by atoms with van der Waals surface area (Å²) in [4.78, 5) is 11.2. The Kier molecular flexibility index (Phi) is 4.37. The van der Waals surface area contributed by atoms with Gasteiger partial charge in [-0.05, 0) is 36.1 Å². The highest BCUT2D eigenvalue weighted by Crippen LogP contribution is 2.30. The Labute approximate surface area is 118 Å². The van der Waals surface area contributed by atoms with Gasteiger partial charge >= 0.3 is 5.97 Å². The maximum Gasteiger partial charge on any atom is 0.335 e. The van der Waals surface area contributed by atoms with E-state index in [2.05, 4.69) is 0 Å². The maximum atomic E-state index is 11.2. The first-order valence-corrected chi connectivity index (χ1v) is 6.50. The summed E-state index contributed by atoms with van der Waals surface area (Å²) in [6.07, 6.45) is 4.33. The number of aryl methyl sites for hydroxylation is 1. The Morgan fingerprint density at radius 1 is 1.30 bits per heavy atom. The van der Waals surface area contributed by atoms with E-state index in [4.69, 9.17) is 4.74 Å². The molecule has 1 aromatic rings. The summed E-state index contributed by atoms with van der Waals surface area (Å²) >= 11 is 0. The van der Waals surface area contributed by atoms with Crippen molar-refractivity contribution in [2.75, 3.05) is 7.11 Å². The van der Waals surface area contributed by atoms with Crippen LogP contribution in [0.25, 0.3) is 0 Å². The van der Waals surface area contributed by atoms with Crippen LogP contribution >= 0.6 is 0 Å². The SMILES string of the molecule is COC1(O)C=CC(C(=O)O)=C(CCc2ccccc2)C1. The van der Waals surface area contributed by atoms with Gasteiger partial charge in [0.2, 0.25) is 0 Å². The second-order valence-electron chi connectivity index (χ2n) is 4.87. The van der Waals surface area contributed by atoms with Gasteiger partial charge in [-0.25, -0.2) is 4.79 Å². The van der Waals surface area contributed by atoms with Crippen LogP contribution in [0.3, 0.4) is 0 Å². The number of carbonyl (C=O) groups is 1. The number of aliphatic hydroxyl groups is 1. The van der Waals surface area contributed by atoms with Crippen molar-refractivity contribution in [3.63, 3.8) is 0 Å². The largest absolute Gasteiger partial charge is 0.478 e. The van der Waals surface area contributed by atoms with Gasteiger partial charge in [0.25, 0.3) is 0 Å². The van der Waals surface area contributed by atoms with E-state index in [1.165, 1.54) is 19.3 Å². The Morgan fingerprint density at radius 2 is 2.00 bits per heavy atom. The summed E-state index contributed by atoms with van der Waals surface area (Å²) < 4.78 is 5.03. The Balaban J connectivity index is 2.16. The smallest absolute Gasteiger partial charge is 0.335 e. The molecule has 2 rings (SSSR count). The van der Waals surface area contributed by atoms with Crippen LogP contribution in [0.4, 0.5) is 0 Å². The first-order valence-electron chi connectivity index (χ1n) is 6.50. The number of ether oxygens (including phenoxy) is 1. The molecule has 0 fully saturated rings. The zero-order valence-electron chi connectivity index (χ0n) is 11.4. The van der Waals surface area contributed by atoms with E-state index < -0.39 is 11.8 Å². The van der Waals surface area contributed by atoms with E-state index in [1.807, 2.05) is 30.3 Å². The summed E-state index contributed by atoms with van der Waals surface area (Å²) in [5.41, 5.74) is 2.09. The van der Waals surface area contributed by atoms with Crippen molar-refractivity contribution in [1.82, 2.24) is 0 Å². The highest BCUT2D eigenvalue weighted by atomic mass is 16.6. The zero-order chi connectivity index (χ0) is 14.6. The number of rotatable bonds is 5. The molecular weight excluding hydrogens is 256 g/mol. The fourth-order valence-corrected chi connectivity index (χ4v) is 2.32. The molecule has 2 N–H and O–H groups in total. The number of methoxy groups -OCH3 is 1. The lowest BCUT2D eigenvalue weighted by Gasteiger charge is -2.28. The van der Waals surface area contributed by atoms with Crippen molar-refractivity contribution in [1.29, 1.82) is 0 Å². The van der Waals surface area contributed by atoms with Gasteiger partial charge < -0.3 is 14.9 Å². The highest BCUT2D eigenvalue weighted by molar-refractivity contribution is 5.91. The van der Waals surface area contributed by atoms with Crippen molar-refractivity contribution < 1.29 is 19.7 Å². The summed E-state index contributed by atoms with van der Waals surface area (Å²) in [6, 6.07) is 9.85. The average molecular weight is 274 g/mol. The first-order chi connectivity index (χ1) is 9.54. The van der Waals surface area contributed by atoms with Crippen molar-refractivity contribution in [2.45, 2.75) is 25.0 Å². The van der Waals surface area contributed by atoms with Gasteiger partial charge in [0.15, 0.2) is 5.79 Å². The van der Waals surface area contributed by atoms with Crippen molar-refractivity contribution in [2.24, 2.45) is 0 Å². The minimum atomic E-state index is -1.40. The van der Waals surface area contributed by atoms with Crippen LogP contribution < -0.4 is 0 Å². The molecule has 1 aromatic carbocycles. The van der Waals surface area contributed by atoms with Crippen LogP contribution in [0.2, 0.25) is 0 Å². The molecule has 1 unspecified atom stereocenters. The van der Waals surface area contributed by atoms with E-state index in [9.17, 15) is 15.0 Å². The van der Waals surface area contributed by atoms with Gasteiger partial charge in [-0.3, -0.25) is 0 Å². The van der Waals surface area contributed by atoms with Gasteiger partial charge in [0.05, 0.1) is 5.57 Å².